The molecule has 84 valence electrons. The van der Waals surface area contributed by atoms with Gasteiger partial charge in [-0.05, 0) is 6.92 Å². The number of amides is 1. The molecule has 0 aromatic rings. The third-order valence-electron chi connectivity index (χ3n) is 2.14. The van der Waals surface area contributed by atoms with Crippen molar-refractivity contribution in [3.05, 3.63) is 0 Å². The summed E-state index contributed by atoms with van der Waals surface area (Å²) in [7, 11) is 0. The molecule has 0 aromatic heterocycles. The molecule has 4 nitrogen and oxygen atoms in total. The van der Waals surface area contributed by atoms with Crippen molar-refractivity contribution in [2.24, 2.45) is 5.73 Å². The number of nitrogens with two attached hydrogens (primary N) is 1. The summed E-state index contributed by atoms with van der Waals surface area (Å²) in [6, 6.07) is -0.433. The number of halogens is 2. The molecule has 0 spiro atoms. The molecule has 0 bridgehead atoms. The lowest BCUT2D eigenvalue weighted by molar-refractivity contribution is -0.123. The monoisotopic (exact) mass is 225 g/mol. The SMILES string of the molecule is C[C@@H](CN)NC(=O)[C@@H]1C[C@@H](F)CN1.Cl. The Hall–Kier alpha value is -0.390. The fraction of sp³-hybridized carbons (Fsp3) is 0.875. The van der Waals surface area contributed by atoms with Crippen molar-refractivity contribution in [3.8, 4) is 0 Å². The van der Waals surface area contributed by atoms with Gasteiger partial charge in [-0.1, -0.05) is 0 Å². The van der Waals surface area contributed by atoms with E-state index in [1.165, 1.54) is 0 Å². The van der Waals surface area contributed by atoms with Crippen LogP contribution in [-0.2, 0) is 4.79 Å². The van der Waals surface area contributed by atoms with Crippen molar-refractivity contribution >= 4 is 18.3 Å². The Labute approximate surface area is 89.2 Å². The molecule has 1 heterocycles. The molecule has 3 atom stereocenters. The molecule has 6 heteroatoms. The van der Waals surface area contributed by atoms with Crippen molar-refractivity contribution in [1.29, 1.82) is 0 Å². The highest BCUT2D eigenvalue weighted by atomic mass is 35.5. The second-order valence-electron chi connectivity index (χ2n) is 3.44. The van der Waals surface area contributed by atoms with Gasteiger partial charge in [0.15, 0.2) is 0 Å². The Morgan fingerprint density at radius 3 is 2.86 bits per heavy atom. The summed E-state index contributed by atoms with van der Waals surface area (Å²) >= 11 is 0. The lowest BCUT2D eigenvalue weighted by atomic mass is 10.2. The highest BCUT2D eigenvalue weighted by Gasteiger charge is 2.29. The highest BCUT2D eigenvalue weighted by molar-refractivity contribution is 5.85. The summed E-state index contributed by atoms with van der Waals surface area (Å²) < 4.78 is 12.7. The summed E-state index contributed by atoms with van der Waals surface area (Å²) in [6.07, 6.45) is -0.632. The van der Waals surface area contributed by atoms with Gasteiger partial charge in [-0.25, -0.2) is 4.39 Å². The molecule has 1 fully saturated rings. The van der Waals surface area contributed by atoms with E-state index in [1.807, 2.05) is 6.92 Å². The van der Waals surface area contributed by atoms with E-state index in [4.69, 9.17) is 5.73 Å². The maximum Gasteiger partial charge on any atom is 0.237 e. The van der Waals surface area contributed by atoms with E-state index in [2.05, 4.69) is 10.6 Å². The largest absolute Gasteiger partial charge is 0.351 e. The molecule has 1 aliphatic rings. The van der Waals surface area contributed by atoms with Gasteiger partial charge in [0.05, 0.1) is 6.04 Å². The fourth-order valence-electron chi connectivity index (χ4n) is 1.29. The fourth-order valence-corrected chi connectivity index (χ4v) is 1.29. The van der Waals surface area contributed by atoms with E-state index in [-0.39, 0.29) is 43.4 Å². The second kappa shape index (κ2) is 6.16. The molecular formula is C8H17ClFN3O. The van der Waals surface area contributed by atoms with Crippen molar-refractivity contribution in [2.45, 2.75) is 31.6 Å². The number of carbonyl (C=O) groups excluding carboxylic acids is 1. The van der Waals surface area contributed by atoms with Crippen LogP contribution < -0.4 is 16.4 Å². The zero-order chi connectivity index (χ0) is 9.84. The third kappa shape index (κ3) is 3.77. The third-order valence-corrected chi connectivity index (χ3v) is 2.14. The van der Waals surface area contributed by atoms with Crippen molar-refractivity contribution in [1.82, 2.24) is 10.6 Å². The average molecular weight is 226 g/mol. The molecule has 4 N–H and O–H groups in total. The van der Waals surface area contributed by atoms with Gasteiger partial charge in [0.2, 0.25) is 5.91 Å². The quantitative estimate of drug-likeness (QED) is 0.611. The number of nitrogens with one attached hydrogen (secondary N) is 2. The van der Waals surface area contributed by atoms with Crippen LogP contribution in [0.5, 0.6) is 0 Å². The van der Waals surface area contributed by atoms with Crippen molar-refractivity contribution < 1.29 is 9.18 Å². The van der Waals surface area contributed by atoms with Crippen LogP contribution in [0, 0.1) is 0 Å². The minimum absolute atomic E-state index is 0. The average Bonchev–Trinajstić information content (AvgIpc) is 2.51. The molecule has 1 rings (SSSR count). The van der Waals surface area contributed by atoms with Gasteiger partial charge in [0.25, 0.3) is 0 Å². The molecular weight excluding hydrogens is 209 g/mol. The Kier molecular flexibility index (Phi) is 5.99. The van der Waals surface area contributed by atoms with Crippen LogP contribution >= 0.6 is 12.4 Å². The number of carbonyl (C=O) groups is 1. The summed E-state index contributed by atoms with van der Waals surface area (Å²) in [4.78, 5) is 11.4. The van der Waals surface area contributed by atoms with Crippen LogP contribution in [0.15, 0.2) is 0 Å². The Balaban J connectivity index is 0.00000169. The van der Waals surface area contributed by atoms with Gasteiger partial charge < -0.3 is 16.4 Å². The first-order valence-electron chi connectivity index (χ1n) is 4.51. The molecule has 14 heavy (non-hydrogen) atoms. The van der Waals surface area contributed by atoms with Crippen LogP contribution in [0.3, 0.4) is 0 Å². The van der Waals surface area contributed by atoms with Gasteiger partial charge in [-0.3, -0.25) is 4.79 Å². The summed E-state index contributed by atoms with van der Waals surface area (Å²) in [5.41, 5.74) is 5.34. The molecule has 0 saturated carbocycles. The van der Waals surface area contributed by atoms with E-state index in [0.29, 0.717) is 6.54 Å². The number of hydrogen-bond acceptors (Lipinski definition) is 3. The van der Waals surface area contributed by atoms with E-state index < -0.39 is 6.17 Å². The number of alkyl halides is 1. The summed E-state index contributed by atoms with van der Waals surface area (Å²) in [5, 5.41) is 5.51. The Morgan fingerprint density at radius 1 is 1.79 bits per heavy atom. The molecule has 0 aliphatic carbocycles. The molecule has 0 aromatic carbocycles. The van der Waals surface area contributed by atoms with Crippen LogP contribution in [0.4, 0.5) is 4.39 Å². The predicted octanol–water partition coefficient (Wildman–Crippen LogP) is -0.428. The van der Waals surface area contributed by atoms with E-state index in [1.54, 1.807) is 0 Å². The lowest BCUT2D eigenvalue weighted by Gasteiger charge is -2.15. The number of hydrogen-bond donors (Lipinski definition) is 3. The number of rotatable bonds is 3. The Morgan fingerprint density at radius 2 is 2.43 bits per heavy atom. The second-order valence-corrected chi connectivity index (χ2v) is 3.44. The van der Waals surface area contributed by atoms with Gasteiger partial charge in [-0.15, -0.1) is 12.4 Å². The van der Waals surface area contributed by atoms with Gasteiger partial charge in [0, 0.05) is 25.6 Å². The predicted molar refractivity (Wildman–Crippen MR) is 55.2 cm³/mol. The zero-order valence-electron chi connectivity index (χ0n) is 8.13. The smallest absolute Gasteiger partial charge is 0.237 e. The molecule has 1 amide bonds. The minimum atomic E-state index is -0.899. The maximum atomic E-state index is 12.7. The lowest BCUT2D eigenvalue weighted by Crippen LogP contribution is -2.46. The standard InChI is InChI=1S/C8H16FN3O.ClH/c1-5(3-10)12-8(13)7-2-6(9)4-11-7;/h5-7,11H,2-4,10H2,1H3,(H,12,13);1H/t5-,6+,7-;/m0./s1. The van der Waals surface area contributed by atoms with Crippen LogP contribution in [0.25, 0.3) is 0 Å². The molecule has 0 unspecified atom stereocenters. The van der Waals surface area contributed by atoms with Gasteiger partial charge in [0.1, 0.15) is 6.17 Å². The molecule has 1 saturated heterocycles. The molecule has 1 aliphatic heterocycles. The Bertz CT molecular complexity index is 193. The van der Waals surface area contributed by atoms with E-state index in [0.717, 1.165) is 0 Å². The van der Waals surface area contributed by atoms with E-state index in [9.17, 15) is 9.18 Å². The van der Waals surface area contributed by atoms with E-state index >= 15 is 0 Å². The first kappa shape index (κ1) is 13.6. The van der Waals surface area contributed by atoms with Gasteiger partial charge >= 0.3 is 0 Å². The zero-order valence-corrected chi connectivity index (χ0v) is 8.94. The first-order chi connectivity index (χ1) is 6.13. The first-order valence-corrected chi connectivity index (χ1v) is 4.51. The molecule has 0 radical (unpaired) electrons. The minimum Gasteiger partial charge on any atom is -0.351 e. The topological polar surface area (TPSA) is 67.1 Å². The maximum absolute atomic E-state index is 12.7. The van der Waals surface area contributed by atoms with Crippen LogP contribution in [-0.4, -0.2) is 37.3 Å². The summed E-state index contributed by atoms with van der Waals surface area (Å²) in [6.45, 7) is 2.49. The van der Waals surface area contributed by atoms with Crippen molar-refractivity contribution in [2.75, 3.05) is 13.1 Å². The van der Waals surface area contributed by atoms with Crippen LogP contribution in [0.1, 0.15) is 13.3 Å². The van der Waals surface area contributed by atoms with Gasteiger partial charge in [-0.2, -0.15) is 0 Å². The summed E-state index contributed by atoms with van der Waals surface area (Å²) in [5.74, 6) is -0.155. The normalized spacial score (nSPS) is 27.9. The van der Waals surface area contributed by atoms with Crippen LogP contribution in [0.2, 0.25) is 0 Å². The highest BCUT2D eigenvalue weighted by Crippen LogP contribution is 2.09. The van der Waals surface area contributed by atoms with Crippen molar-refractivity contribution in [3.63, 3.8) is 0 Å².